The van der Waals surface area contributed by atoms with Crippen LogP contribution in [0.3, 0.4) is 0 Å². The van der Waals surface area contributed by atoms with Crippen molar-refractivity contribution in [1.82, 2.24) is 14.6 Å². The Morgan fingerprint density at radius 3 is 2.62 bits per heavy atom. The smallest absolute Gasteiger partial charge is 0.337 e. The van der Waals surface area contributed by atoms with Crippen molar-refractivity contribution in [3.8, 4) is 5.75 Å². The number of para-hydroxylation sites is 1. The number of anilines is 2. The number of aliphatic carboxylic acids is 1. The fraction of sp³-hybridized carbons (Fsp3) is 0.500. The number of fused-ring (bicyclic) bond motifs is 7. The number of nitrogens with zero attached hydrogens (tertiary/aromatic N) is 4. The largest absolute Gasteiger partial charge is 0.489 e. The molecule has 3 aromatic rings. The van der Waals surface area contributed by atoms with Crippen LogP contribution in [0, 0.1) is 6.92 Å². The lowest BCUT2D eigenvalue weighted by Crippen LogP contribution is -2.45. The Kier molecular flexibility index (Phi) is 7.74. The van der Waals surface area contributed by atoms with Crippen LogP contribution in [0.2, 0.25) is 0 Å². The number of nitrogens with one attached hydrogen (secondary N) is 1. The van der Waals surface area contributed by atoms with E-state index in [4.69, 9.17) is 24.3 Å². The quantitative estimate of drug-likeness (QED) is 0.440. The van der Waals surface area contributed by atoms with Crippen LogP contribution in [0.4, 0.5) is 11.6 Å². The first-order chi connectivity index (χ1) is 19.0. The van der Waals surface area contributed by atoms with Crippen LogP contribution < -0.4 is 15.0 Å². The minimum atomic E-state index is -1.20. The van der Waals surface area contributed by atoms with Gasteiger partial charge in [0.05, 0.1) is 23.4 Å². The maximum atomic E-state index is 12.6. The summed E-state index contributed by atoms with van der Waals surface area (Å²) in [4.78, 5) is 19.6. The standard InChI is InChI=1S/C30H39N5O5/c1-20-25(26(28(36)37)40-29(2,3)4)27-34-14-12-30(5,13-15-34)39-17-9-8-16-38-22-11-7-6-10-21(22)19-31-23-18-24(32-20)35(27)33-23/h6-11,18,26H,12-17,19H2,1-5H3,(H,31,33)(H,36,37)/b9-8-/t26-/m0/s1. The molecule has 2 N–H and O–H groups in total. The van der Waals surface area contributed by atoms with Gasteiger partial charge in [-0.3, -0.25) is 0 Å². The summed E-state index contributed by atoms with van der Waals surface area (Å²) < 4.78 is 20.2. The number of carboxylic acid groups (broad SMARTS) is 1. The first-order valence-electron chi connectivity index (χ1n) is 13.8. The van der Waals surface area contributed by atoms with Crippen molar-refractivity contribution >= 4 is 23.3 Å². The number of piperidine rings is 1. The van der Waals surface area contributed by atoms with Crippen LogP contribution in [-0.4, -0.2) is 63.2 Å². The predicted octanol–water partition coefficient (Wildman–Crippen LogP) is 4.91. The maximum Gasteiger partial charge on any atom is 0.337 e. The van der Waals surface area contributed by atoms with E-state index in [0.717, 1.165) is 24.2 Å². The van der Waals surface area contributed by atoms with Gasteiger partial charge in [0.25, 0.3) is 0 Å². The number of carbonyl (C=O) groups is 1. The molecule has 5 heterocycles. The summed E-state index contributed by atoms with van der Waals surface area (Å²) in [5.41, 5.74) is 1.77. The minimum absolute atomic E-state index is 0.300. The number of benzene rings is 1. The average molecular weight is 550 g/mol. The van der Waals surface area contributed by atoms with Gasteiger partial charge in [0.2, 0.25) is 0 Å². The lowest BCUT2D eigenvalue weighted by Gasteiger charge is -2.41. The summed E-state index contributed by atoms with van der Waals surface area (Å²) in [6, 6.07) is 9.78. The first kappa shape index (κ1) is 27.9. The second-order valence-electron chi connectivity index (χ2n) is 11.7. The van der Waals surface area contributed by atoms with E-state index in [1.807, 2.05) is 70.2 Å². The monoisotopic (exact) mass is 549 g/mol. The van der Waals surface area contributed by atoms with E-state index in [9.17, 15) is 9.90 Å². The third-order valence-corrected chi connectivity index (χ3v) is 7.34. The molecule has 0 aliphatic carbocycles. The van der Waals surface area contributed by atoms with Crippen LogP contribution in [0.25, 0.3) is 5.65 Å². The van der Waals surface area contributed by atoms with E-state index < -0.39 is 17.7 Å². The number of ether oxygens (including phenoxy) is 3. The number of carboxylic acids is 1. The van der Waals surface area contributed by atoms with Crippen molar-refractivity contribution in [3.63, 3.8) is 0 Å². The average Bonchev–Trinajstić information content (AvgIpc) is 3.30. The van der Waals surface area contributed by atoms with Crippen molar-refractivity contribution < 1.29 is 24.1 Å². The van der Waals surface area contributed by atoms with E-state index in [1.54, 1.807) is 4.52 Å². The fourth-order valence-electron chi connectivity index (χ4n) is 5.23. The van der Waals surface area contributed by atoms with Gasteiger partial charge in [0.15, 0.2) is 17.6 Å². The summed E-state index contributed by atoms with van der Waals surface area (Å²) >= 11 is 0. The summed E-state index contributed by atoms with van der Waals surface area (Å²) in [5, 5.41) is 18.6. The second kappa shape index (κ2) is 11.1. The third-order valence-electron chi connectivity index (χ3n) is 7.34. The molecular weight excluding hydrogens is 510 g/mol. The van der Waals surface area contributed by atoms with Crippen molar-refractivity contribution in [1.29, 1.82) is 0 Å². The van der Waals surface area contributed by atoms with Gasteiger partial charge in [-0.15, -0.1) is 5.10 Å². The highest BCUT2D eigenvalue weighted by Gasteiger charge is 2.37. The van der Waals surface area contributed by atoms with Gasteiger partial charge in [0.1, 0.15) is 18.2 Å². The Balaban J connectivity index is 1.62. The molecule has 1 fully saturated rings. The molecule has 2 aromatic heterocycles. The number of hydrogen-bond donors (Lipinski definition) is 2. The maximum absolute atomic E-state index is 12.6. The highest BCUT2D eigenvalue weighted by atomic mass is 16.5. The first-order valence-corrected chi connectivity index (χ1v) is 13.8. The van der Waals surface area contributed by atoms with Crippen LogP contribution in [0.1, 0.15) is 63.5 Å². The Morgan fingerprint density at radius 2 is 1.90 bits per heavy atom. The third kappa shape index (κ3) is 6.08. The number of aryl methyl sites for hydroxylation is 1. The molecule has 40 heavy (non-hydrogen) atoms. The van der Waals surface area contributed by atoms with Gasteiger partial charge < -0.3 is 29.5 Å². The molecule has 4 bridgehead atoms. The molecule has 0 spiro atoms. The Morgan fingerprint density at radius 1 is 1.18 bits per heavy atom. The molecule has 0 unspecified atom stereocenters. The van der Waals surface area contributed by atoms with Crippen molar-refractivity contribution in [3.05, 3.63) is 59.3 Å². The fourth-order valence-corrected chi connectivity index (χ4v) is 5.23. The van der Waals surface area contributed by atoms with Gasteiger partial charge in [-0.2, -0.15) is 4.52 Å². The van der Waals surface area contributed by atoms with Crippen molar-refractivity contribution in [2.24, 2.45) is 0 Å². The lowest BCUT2D eigenvalue weighted by molar-refractivity contribution is -0.160. The number of hydrogen-bond acceptors (Lipinski definition) is 8. The molecule has 3 aliphatic heterocycles. The van der Waals surface area contributed by atoms with Crippen LogP contribution >= 0.6 is 0 Å². The molecule has 10 heteroatoms. The zero-order valence-electron chi connectivity index (χ0n) is 23.9. The molecule has 214 valence electrons. The second-order valence-corrected chi connectivity index (χ2v) is 11.7. The van der Waals surface area contributed by atoms with E-state index >= 15 is 0 Å². The Bertz CT molecular complexity index is 1400. The molecule has 0 radical (unpaired) electrons. The summed E-state index contributed by atoms with van der Waals surface area (Å²) in [5.74, 6) is 1.06. The molecule has 1 aromatic carbocycles. The van der Waals surface area contributed by atoms with Gasteiger partial charge in [-0.25, -0.2) is 9.78 Å². The van der Waals surface area contributed by atoms with Crippen molar-refractivity contribution in [2.45, 2.75) is 71.3 Å². The minimum Gasteiger partial charge on any atom is -0.489 e. The van der Waals surface area contributed by atoms with E-state index in [0.29, 0.717) is 61.4 Å². The Hall–Kier alpha value is -3.63. The highest BCUT2D eigenvalue weighted by molar-refractivity contribution is 5.78. The molecule has 3 aliphatic rings. The number of aromatic nitrogens is 3. The normalized spacial score (nSPS) is 19.3. The van der Waals surface area contributed by atoms with Crippen LogP contribution in [0.5, 0.6) is 5.75 Å². The lowest BCUT2D eigenvalue weighted by atomic mass is 9.92. The summed E-state index contributed by atoms with van der Waals surface area (Å²) in [6.07, 6.45) is 4.33. The SMILES string of the molecule is Cc1nc2cc3nn2c(c1[C@H](OC(C)(C)C)C(=O)O)N1CCC(C)(CC1)OC/C=C\COc1ccccc1CN3. The van der Waals surface area contributed by atoms with E-state index in [-0.39, 0.29) is 5.60 Å². The highest BCUT2D eigenvalue weighted by Crippen LogP contribution is 2.38. The predicted molar refractivity (Wildman–Crippen MR) is 153 cm³/mol. The van der Waals surface area contributed by atoms with Gasteiger partial charge in [0, 0.05) is 37.0 Å². The van der Waals surface area contributed by atoms with Crippen LogP contribution in [0.15, 0.2) is 42.5 Å². The van der Waals surface area contributed by atoms with Gasteiger partial charge in [-0.05, 0) is 59.6 Å². The van der Waals surface area contributed by atoms with Gasteiger partial charge in [-0.1, -0.05) is 24.3 Å². The molecule has 0 amide bonds. The molecule has 6 rings (SSSR count). The molecular formula is C30H39N5O5. The summed E-state index contributed by atoms with van der Waals surface area (Å²) in [7, 11) is 0. The topological polar surface area (TPSA) is 110 Å². The van der Waals surface area contributed by atoms with Crippen LogP contribution in [-0.2, 0) is 20.8 Å². The Labute approximate surface area is 234 Å². The van der Waals surface area contributed by atoms with E-state index in [1.165, 1.54) is 0 Å². The molecule has 1 atom stereocenters. The molecule has 0 saturated carbocycles. The van der Waals surface area contributed by atoms with Gasteiger partial charge >= 0.3 is 5.97 Å². The zero-order valence-corrected chi connectivity index (χ0v) is 23.9. The van der Waals surface area contributed by atoms with Crippen molar-refractivity contribution in [2.75, 3.05) is 36.5 Å². The van der Waals surface area contributed by atoms with E-state index in [2.05, 4.69) is 17.1 Å². The number of rotatable bonds is 3. The molecule has 1 saturated heterocycles. The summed E-state index contributed by atoms with van der Waals surface area (Å²) in [6.45, 7) is 12.3. The molecule has 10 nitrogen and oxygen atoms in total. The zero-order chi connectivity index (χ0) is 28.5.